The molecule has 0 aliphatic rings. The minimum Gasteiger partial charge on any atom is -0.494 e. The minimum atomic E-state index is -0.793. The van der Waals surface area contributed by atoms with Crippen LogP contribution in [0.5, 0.6) is 5.75 Å². The molecule has 0 radical (unpaired) electrons. The largest absolute Gasteiger partial charge is 0.494 e. The van der Waals surface area contributed by atoms with Gasteiger partial charge in [0.1, 0.15) is 11.7 Å². The lowest BCUT2D eigenvalue weighted by atomic mass is 9.92. The summed E-state index contributed by atoms with van der Waals surface area (Å²) < 4.78 is 6.34. The zero-order valence-electron chi connectivity index (χ0n) is 11.5. The van der Waals surface area contributed by atoms with Gasteiger partial charge in [-0.2, -0.15) is 5.26 Å². The van der Waals surface area contributed by atoms with E-state index in [9.17, 15) is 10.1 Å². The summed E-state index contributed by atoms with van der Waals surface area (Å²) in [6.07, 6.45) is 0. The number of ether oxygens (including phenoxy) is 1. The van der Waals surface area contributed by atoms with Crippen molar-refractivity contribution in [1.82, 2.24) is 0 Å². The fourth-order valence-electron chi connectivity index (χ4n) is 2.02. The van der Waals surface area contributed by atoms with Gasteiger partial charge in [-0.05, 0) is 59.3 Å². The van der Waals surface area contributed by atoms with Gasteiger partial charge in [0, 0.05) is 9.13 Å². The maximum atomic E-state index is 12.5. The van der Waals surface area contributed by atoms with Crippen LogP contribution in [-0.4, -0.2) is 12.4 Å². The second-order valence-electron chi connectivity index (χ2n) is 4.44. The Labute approximate surface area is 137 Å². The number of benzene rings is 2. The summed E-state index contributed by atoms with van der Waals surface area (Å²) in [5.41, 5.74) is 1.24. The van der Waals surface area contributed by atoms with E-state index >= 15 is 0 Å². The molecule has 0 aliphatic heterocycles. The first-order chi connectivity index (χ1) is 10.2. The fourth-order valence-corrected chi connectivity index (χ4v) is 2.56. The van der Waals surface area contributed by atoms with E-state index in [1.165, 1.54) is 0 Å². The number of Topliss-reactive ketones (excluding diaryl/α,β-unsaturated/α-hetero) is 1. The van der Waals surface area contributed by atoms with Gasteiger partial charge in [-0.15, -0.1) is 0 Å². The smallest absolute Gasteiger partial charge is 0.184 e. The Bertz CT molecular complexity index is 674. The van der Waals surface area contributed by atoms with Crippen LogP contribution in [0, 0.1) is 14.9 Å². The Morgan fingerprint density at radius 1 is 1.29 bits per heavy atom. The molecule has 4 heteroatoms. The van der Waals surface area contributed by atoms with Crippen molar-refractivity contribution in [2.75, 3.05) is 6.61 Å². The highest BCUT2D eigenvalue weighted by Crippen LogP contribution is 2.23. The second-order valence-corrected chi connectivity index (χ2v) is 5.68. The van der Waals surface area contributed by atoms with Gasteiger partial charge >= 0.3 is 0 Å². The van der Waals surface area contributed by atoms with E-state index in [0.717, 1.165) is 9.32 Å². The highest BCUT2D eigenvalue weighted by Gasteiger charge is 2.21. The van der Waals surface area contributed by atoms with Crippen LogP contribution in [0.4, 0.5) is 0 Å². The predicted octanol–water partition coefficient (Wildman–Crippen LogP) is 4.18. The van der Waals surface area contributed by atoms with Crippen molar-refractivity contribution in [3.05, 3.63) is 63.2 Å². The molecule has 3 nitrogen and oxygen atoms in total. The molecule has 0 amide bonds. The van der Waals surface area contributed by atoms with Gasteiger partial charge in [-0.25, -0.2) is 0 Å². The van der Waals surface area contributed by atoms with Crippen LogP contribution in [0.15, 0.2) is 48.5 Å². The molecular formula is C17H14INO2. The van der Waals surface area contributed by atoms with Crippen molar-refractivity contribution in [3.8, 4) is 11.8 Å². The Balaban J connectivity index is 2.27. The maximum absolute atomic E-state index is 12.5. The average molecular weight is 391 g/mol. The van der Waals surface area contributed by atoms with Crippen LogP contribution in [-0.2, 0) is 0 Å². The summed E-state index contributed by atoms with van der Waals surface area (Å²) in [4.78, 5) is 12.5. The number of hydrogen-bond acceptors (Lipinski definition) is 3. The van der Waals surface area contributed by atoms with E-state index in [0.29, 0.717) is 17.7 Å². The molecule has 0 aromatic heterocycles. The molecule has 1 unspecified atom stereocenters. The molecule has 21 heavy (non-hydrogen) atoms. The summed E-state index contributed by atoms with van der Waals surface area (Å²) in [6, 6.07) is 16.5. The first-order valence-corrected chi connectivity index (χ1v) is 7.65. The highest BCUT2D eigenvalue weighted by atomic mass is 127. The van der Waals surface area contributed by atoms with Gasteiger partial charge < -0.3 is 4.74 Å². The van der Waals surface area contributed by atoms with Crippen LogP contribution in [0.3, 0.4) is 0 Å². The Hall–Kier alpha value is -1.87. The molecule has 0 saturated heterocycles. The molecule has 106 valence electrons. The standard InChI is InChI=1S/C17H14INO2/c1-2-21-15-8-6-12(7-9-15)16(11-19)17(20)13-4-3-5-14(18)10-13/h3-10,16H,2H2,1H3. The Morgan fingerprint density at radius 3 is 2.57 bits per heavy atom. The van der Waals surface area contributed by atoms with Gasteiger partial charge in [0.15, 0.2) is 5.78 Å². The van der Waals surface area contributed by atoms with Gasteiger partial charge in [-0.3, -0.25) is 4.79 Å². The summed E-state index contributed by atoms with van der Waals surface area (Å²) in [5, 5.41) is 9.35. The van der Waals surface area contributed by atoms with Gasteiger partial charge in [0.05, 0.1) is 12.7 Å². The molecule has 0 N–H and O–H groups in total. The van der Waals surface area contributed by atoms with Crippen LogP contribution in [0.25, 0.3) is 0 Å². The lowest BCUT2D eigenvalue weighted by molar-refractivity contribution is 0.0978. The molecule has 0 spiro atoms. The number of ketones is 1. The number of nitriles is 1. The summed E-state index contributed by atoms with van der Waals surface area (Å²) >= 11 is 2.15. The third kappa shape index (κ3) is 3.82. The first-order valence-electron chi connectivity index (χ1n) is 6.58. The number of carbonyl (C=O) groups is 1. The van der Waals surface area contributed by atoms with Gasteiger partial charge in [0.25, 0.3) is 0 Å². The molecule has 1 atom stereocenters. The van der Waals surface area contributed by atoms with E-state index in [-0.39, 0.29) is 5.78 Å². The number of nitrogens with zero attached hydrogens (tertiary/aromatic N) is 1. The zero-order chi connectivity index (χ0) is 15.2. The molecule has 2 rings (SSSR count). The zero-order valence-corrected chi connectivity index (χ0v) is 13.7. The first kappa shape index (κ1) is 15.5. The van der Waals surface area contributed by atoms with Crippen molar-refractivity contribution in [1.29, 1.82) is 5.26 Å². The monoisotopic (exact) mass is 391 g/mol. The van der Waals surface area contributed by atoms with Crippen molar-refractivity contribution in [2.45, 2.75) is 12.8 Å². The number of rotatable bonds is 5. The van der Waals surface area contributed by atoms with Crippen molar-refractivity contribution in [3.63, 3.8) is 0 Å². The molecule has 0 aliphatic carbocycles. The molecule has 0 heterocycles. The number of hydrogen-bond donors (Lipinski definition) is 0. The minimum absolute atomic E-state index is 0.180. The lowest BCUT2D eigenvalue weighted by Crippen LogP contribution is -2.11. The van der Waals surface area contributed by atoms with Crippen molar-refractivity contribution < 1.29 is 9.53 Å². The second kappa shape index (κ2) is 7.23. The van der Waals surface area contributed by atoms with E-state index in [1.54, 1.807) is 36.4 Å². The third-order valence-corrected chi connectivity index (χ3v) is 3.70. The molecule has 2 aromatic rings. The lowest BCUT2D eigenvalue weighted by Gasteiger charge is -2.10. The maximum Gasteiger partial charge on any atom is 0.184 e. The molecule has 0 fully saturated rings. The van der Waals surface area contributed by atoms with Crippen molar-refractivity contribution in [2.24, 2.45) is 0 Å². The Kier molecular flexibility index (Phi) is 5.34. The van der Waals surface area contributed by atoms with Crippen LogP contribution >= 0.6 is 22.6 Å². The predicted molar refractivity (Wildman–Crippen MR) is 89.5 cm³/mol. The Morgan fingerprint density at radius 2 is 2.00 bits per heavy atom. The van der Waals surface area contributed by atoms with Crippen LogP contribution in [0.1, 0.15) is 28.8 Å². The van der Waals surface area contributed by atoms with Gasteiger partial charge in [-0.1, -0.05) is 24.3 Å². The quantitative estimate of drug-likeness (QED) is 0.568. The SMILES string of the molecule is CCOc1ccc(C(C#N)C(=O)c2cccc(I)c2)cc1. The summed E-state index contributed by atoms with van der Waals surface area (Å²) in [7, 11) is 0. The van der Waals surface area contributed by atoms with E-state index in [1.807, 2.05) is 19.1 Å². The number of halogens is 1. The third-order valence-electron chi connectivity index (χ3n) is 3.02. The van der Waals surface area contributed by atoms with E-state index < -0.39 is 5.92 Å². The fraction of sp³-hybridized carbons (Fsp3) is 0.176. The summed E-state index contributed by atoms with van der Waals surface area (Å²) in [5.74, 6) is -0.237. The highest BCUT2D eigenvalue weighted by molar-refractivity contribution is 14.1. The molecular weight excluding hydrogens is 377 g/mol. The van der Waals surface area contributed by atoms with Crippen LogP contribution in [0.2, 0.25) is 0 Å². The molecule has 2 aromatic carbocycles. The van der Waals surface area contributed by atoms with E-state index in [4.69, 9.17) is 4.74 Å². The molecule has 0 bridgehead atoms. The average Bonchev–Trinajstić information content (AvgIpc) is 2.50. The van der Waals surface area contributed by atoms with Crippen molar-refractivity contribution >= 4 is 28.4 Å². The molecule has 0 saturated carbocycles. The normalized spacial score (nSPS) is 11.5. The topological polar surface area (TPSA) is 50.1 Å². The van der Waals surface area contributed by atoms with Gasteiger partial charge in [0.2, 0.25) is 0 Å². The summed E-state index contributed by atoms with van der Waals surface area (Å²) in [6.45, 7) is 2.49. The van der Waals surface area contributed by atoms with Crippen LogP contribution < -0.4 is 4.74 Å². The van der Waals surface area contributed by atoms with E-state index in [2.05, 4.69) is 28.7 Å². The number of carbonyl (C=O) groups excluding carboxylic acids is 1.